The van der Waals surface area contributed by atoms with Crippen LogP contribution in [0.4, 0.5) is 5.69 Å². The Morgan fingerprint density at radius 2 is 1.84 bits per heavy atom. The first-order chi connectivity index (χ1) is 8.97. The zero-order valence-corrected chi connectivity index (χ0v) is 11.9. The summed E-state index contributed by atoms with van der Waals surface area (Å²) in [6, 6.07) is 8.89. The van der Waals surface area contributed by atoms with Gasteiger partial charge in [0.25, 0.3) is 5.91 Å². The van der Waals surface area contributed by atoms with Crippen LogP contribution in [0.3, 0.4) is 0 Å². The van der Waals surface area contributed by atoms with Crippen molar-refractivity contribution >= 4 is 39.1 Å². The molecule has 0 saturated heterocycles. The summed E-state index contributed by atoms with van der Waals surface area (Å²) in [6.45, 7) is 0. The predicted octanol–water partition coefficient (Wildman–Crippen LogP) is 3.77. The molecule has 0 atom stereocenters. The van der Waals surface area contributed by atoms with E-state index < -0.39 is 5.91 Å². The molecule has 2 aromatic rings. The van der Waals surface area contributed by atoms with Crippen LogP contribution in [-0.4, -0.2) is 16.1 Å². The van der Waals surface area contributed by atoms with Gasteiger partial charge in [-0.25, -0.2) is 0 Å². The van der Waals surface area contributed by atoms with Gasteiger partial charge < -0.3 is 15.5 Å². The molecule has 6 heteroatoms. The second-order valence-corrected chi connectivity index (χ2v) is 5.10. The minimum absolute atomic E-state index is 0.214. The van der Waals surface area contributed by atoms with Crippen LogP contribution in [0.15, 0.2) is 40.9 Å². The molecule has 0 bridgehead atoms. The maximum absolute atomic E-state index is 12.0. The van der Waals surface area contributed by atoms with E-state index in [2.05, 4.69) is 21.2 Å². The molecule has 0 fully saturated rings. The van der Waals surface area contributed by atoms with Crippen molar-refractivity contribution in [3.63, 3.8) is 0 Å². The summed E-state index contributed by atoms with van der Waals surface area (Å²) in [5, 5.41) is 21.6. The van der Waals surface area contributed by atoms with E-state index in [9.17, 15) is 15.0 Å². The Morgan fingerprint density at radius 1 is 1.11 bits per heavy atom. The van der Waals surface area contributed by atoms with Crippen molar-refractivity contribution in [3.05, 3.63) is 51.5 Å². The first-order valence-electron chi connectivity index (χ1n) is 5.26. The second-order valence-electron chi connectivity index (χ2n) is 3.78. The molecule has 1 amide bonds. The second kappa shape index (κ2) is 5.50. The van der Waals surface area contributed by atoms with E-state index in [0.717, 1.165) is 4.47 Å². The fourth-order valence-electron chi connectivity index (χ4n) is 1.45. The Morgan fingerprint density at radius 3 is 2.53 bits per heavy atom. The number of rotatable bonds is 2. The van der Waals surface area contributed by atoms with Crippen LogP contribution < -0.4 is 5.32 Å². The Balaban J connectivity index is 2.25. The zero-order chi connectivity index (χ0) is 14.0. The smallest absolute Gasteiger partial charge is 0.255 e. The van der Waals surface area contributed by atoms with E-state index in [1.54, 1.807) is 18.2 Å². The number of nitrogens with one attached hydrogen (secondary N) is 1. The molecule has 0 saturated carbocycles. The van der Waals surface area contributed by atoms with Crippen molar-refractivity contribution in [3.8, 4) is 11.5 Å². The number of benzene rings is 2. The zero-order valence-electron chi connectivity index (χ0n) is 9.52. The fraction of sp³-hybridized carbons (Fsp3) is 0. The average molecular weight is 343 g/mol. The highest BCUT2D eigenvalue weighted by molar-refractivity contribution is 9.10. The Labute approximate surface area is 122 Å². The lowest BCUT2D eigenvalue weighted by molar-refractivity contribution is 0.102. The average Bonchev–Trinajstić information content (AvgIpc) is 2.37. The van der Waals surface area contributed by atoms with Crippen LogP contribution >= 0.6 is 27.5 Å². The lowest BCUT2D eigenvalue weighted by Gasteiger charge is -2.08. The van der Waals surface area contributed by atoms with Crippen molar-refractivity contribution in [2.75, 3.05) is 5.32 Å². The fourth-order valence-corrected chi connectivity index (χ4v) is 1.98. The molecule has 0 radical (unpaired) electrons. The van der Waals surface area contributed by atoms with E-state index in [0.29, 0.717) is 10.7 Å². The van der Waals surface area contributed by atoms with Crippen LogP contribution in [0.5, 0.6) is 11.5 Å². The van der Waals surface area contributed by atoms with Gasteiger partial charge >= 0.3 is 0 Å². The number of aromatic hydroxyl groups is 2. The molecule has 2 rings (SSSR count). The topological polar surface area (TPSA) is 69.6 Å². The van der Waals surface area contributed by atoms with Crippen molar-refractivity contribution in [1.82, 2.24) is 0 Å². The van der Waals surface area contributed by atoms with E-state index >= 15 is 0 Å². The van der Waals surface area contributed by atoms with Gasteiger partial charge in [0.15, 0.2) is 11.5 Å². The highest BCUT2D eigenvalue weighted by Gasteiger charge is 2.11. The summed E-state index contributed by atoms with van der Waals surface area (Å²) in [7, 11) is 0. The molecule has 0 aromatic heterocycles. The number of hydrogen-bond acceptors (Lipinski definition) is 3. The third-order valence-electron chi connectivity index (χ3n) is 2.41. The minimum Gasteiger partial charge on any atom is -0.504 e. The van der Waals surface area contributed by atoms with Crippen molar-refractivity contribution < 1.29 is 15.0 Å². The summed E-state index contributed by atoms with van der Waals surface area (Å²) < 4.78 is 0.778. The SMILES string of the molecule is O=C(Nc1cc(Br)ccc1Cl)c1ccc(O)c(O)c1. The molecule has 98 valence electrons. The van der Waals surface area contributed by atoms with Crippen molar-refractivity contribution in [2.24, 2.45) is 0 Å². The normalized spacial score (nSPS) is 10.2. The molecule has 0 spiro atoms. The molecule has 2 aromatic carbocycles. The van der Waals surface area contributed by atoms with Gasteiger partial charge in [-0.1, -0.05) is 27.5 Å². The third kappa shape index (κ3) is 3.19. The van der Waals surface area contributed by atoms with E-state index in [1.807, 2.05) is 0 Å². The summed E-state index contributed by atoms with van der Waals surface area (Å²) in [4.78, 5) is 12.0. The molecule has 0 aliphatic rings. The number of anilines is 1. The van der Waals surface area contributed by atoms with Crippen LogP contribution in [0, 0.1) is 0 Å². The van der Waals surface area contributed by atoms with Gasteiger partial charge in [0.2, 0.25) is 0 Å². The molecule has 0 unspecified atom stereocenters. The summed E-state index contributed by atoms with van der Waals surface area (Å²) in [5.41, 5.74) is 0.667. The molecule has 19 heavy (non-hydrogen) atoms. The number of phenolic OH excluding ortho intramolecular Hbond substituents is 2. The number of amides is 1. The summed E-state index contributed by atoms with van der Waals surface area (Å²) in [6.07, 6.45) is 0. The van der Waals surface area contributed by atoms with Crippen molar-refractivity contribution in [2.45, 2.75) is 0 Å². The van der Waals surface area contributed by atoms with Gasteiger partial charge in [-0.3, -0.25) is 4.79 Å². The Bertz CT molecular complexity index is 646. The van der Waals surface area contributed by atoms with Gasteiger partial charge in [-0.05, 0) is 36.4 Å². The maximum Gasteiger partial charge on any atom is 0.255 e. The molecule has 0 aliphatic carbocycles. The summed E-state index contributed by atoms with van der Waals surface area (Å²) >= 11 is 9.24. The standard InChI is InChI=1S/C13H9BrClNO3/c14-8-2-3-9(15)10(6-8)16-13(19)7-1-4-11(17)12(18)5-7/h1-6,17-18H,(H,16,19). The van der Waals surface area contributed by atoms with Gasteiger partial charge in [-0.2, -0.15) is 0 Å². The van der Waals surface area contributed by atoms with Crippen LogP contribution in [0.2, 0.25) is 5.02 Å². The molecule has 0 heterocycles. The number of hydrogen-bond donors (Lipinski definition) is 3. The number of carbonyl (C=O) groups is 1. The highest BCUT2D eigenvalue weighted by atomic mass is 79.9. The lowest BCUT2D eigenvalue weighted by atomic mass is 10.2. The summed E-state index contributed by atoms with van der Waals surface area (Å²) in [5.74, 6) is -1.07. The largest absolute Gasteiger partial charge is 0.504 e. The third-order valence-corrected chi connectivity index (χ3v) is 3.24. The quantitative estimate of drug-likeness (QED) is 0.728. The number of halogens is 2. The highest BCUT2D eigenvalue weighted by Crippen LogP contribution is 2.28. The van der Waals surface area contributed by atoms with Gasteiger partial charge in [0.1, 0.15) is 0 Å². The molecule has 3 N–H and O–H groups in total. The van der Waals surface area contributed by atoms with Gasteiger partial charge in [0, 0.05) is 10.0 Å². The van der Waals surface area contributed by atoms with Crippen LogP contribution in [0.1, 0.15) is 10.4 Å². The molecular formula is C13H9BrClNO3. The minimum atomic E-state index is -0.435. The van der Waals surface area contributed by atoms with Gasteiger partial charge in [0.05, 0.1) is 10.7 Å². The number of phenols is 2. The maximum atomic E-state index is 12.0. The first kappa shape index (κ1) is 13.7. The van der Waals surface area contributed by atoms with Gasteiger partial charge in [-0.15, -0.1) is 0 Å². The molecule has 4 nitrogen and oxygen atoms in total. The van der Waals surface area contributed by atoms with E-state index in [1.165, 1.54) is 18.2 Å². The Kier molecular flexibility index (Phi) is 3.97. The molecule has 0 aliphatic heterocycles. The van der Waals surface area contributed by atoms with E-state index in [4.69, 9.17) is 11.6 Å². The van der Waals surface area contributed by atoms with Crippen molar-refractivity contribution in [1.29, 1.82) is 0 Å². The Hall–Kier alpha value is -1.72. The van der Waals surface area contributed by atoms with Crippen LogP contribution in [0.25, 0.3) is 0 Å². The number of carbonyl (C=O) groups excluding carboxylic acids is 1. The van der Waals surface area contributed by atoms with E-state index in [-0.39, 0.29) is 17.1 Å². The predicted molar refractivity (Wildman–Crippen MR) is 76.9 cm³/mol. The van der Waals surface area contributed by atoms with Crippen LogP contribution in [-0.2, 0) is 0 Å². The molecular weight excluding hydrogens is 334 g/mol. The lowest BCUT2D eigenvalue weighted by Crippen LogP contribution is -2.12. The first-order valence-corrected chi connectivity index (χ1v) is 6.43. The monoisotopic (exact) mass is 341 g/mol.